The smallest absolute Gasteiger partial charge is 0.253 e. The van der Waals surface area contributed by atoms with Crippen molar-refractivity contribution in [3.63, 3.8) is 0 Å². The number of hydrogen-bond acceptors (Lipinski definition) is 3. The first-order valence-corrected chi connectivity index (χ1v) is 8.08. The van der Waals surface area contributed by atoms with E-state index in [0.29, 0.717) is 19.1 Å². The highest BCUT2D eigenvalue weighted by atomic mass is 35.5. The lowest BCUT2D eigenvalue weighted by atomic mass is 9.90. The van der Waals surface area contributed by atoms with Gasteiger partial charge in [-0.15, -0.1) is 12.4 Å². The molecule has 1 N–H and O–H groups in total. The fourth-order valence-electron chi connectivity index (χ4n) is 3.26. The highest BCUT2D eigenvalue weighted by molar-refractivity contribution is 5.85. The van der Waals surface area contributed by atoms with E-state index in [9.17, 15) is 9.18 Å². The molecule has 1 amide bonds. The Morgan fingerprint density at radius 3 is 2.70 bits per heavy atom. The molecule has 2 aliphatic rings. The Bertz CT molecular complexity index is 515. The Kier molecular flexibility index (Phi) is 6.81. The first-order valence-electron chi connectivity index (χ1n) is 8.08. The van der Waals surface area contributed by atoms with E-state index >= 15 is 0 Å². The largest absolute Gasteiger partial charge is 0.366 e. The van der Waals surface area contributed by atoms with Crippen molar-refractivity contribution in [2.45, 2.75) is 25.4 Å². The molecule has 0 spiro atoms. The van der Waals surface area contributed by atoms with E-state index in [-0.39, 0.29) is 30.2 Å². The topological polar surface area (TPSA) is 41.6 Å². The molecule has 6 heteroatoms. The molecule has 0 aromatic heterocycles. The molecular weight excluding hydrogens is 319 g/mol. The summed E-state index contributed by atoms with van der Waals surface area (Å²) in [6, 6.07) is 6.97. The van der Waals surface area contributed by atoms with Crippen LogP contribution in [0.1, 0.15) is 18.4 Å². The lowest BCUT2D eigenvalue weighted by molar-refractivity contribution is -0.146. The van der Waals surface area contributed by atoms with E-state index in [1.54, 1.807) is 6.07 Å². The van der Waals surface area contributed by atoms with Crippen LogP contribution in [0.15, 0.2) is 24.3 Å². The Morgan fingerprint density at radius 1 is 1.30 bits per heavy atom. The molecule has 4 nitrogen and oxygen atoms in total. The maximum Gasteiger partial charge on any atom is 0.253 e. The van der Waals surface area contributed by atoms with Crippen LogP contribution in [0.4, 0.5) is 4.39 Å². The summed E-state index contributed by atoms with van der Waals surface area (Å²) in [6.07, 6.45) is 2.29. The van der Waals surface area contributed by atoms with Crippen LogP contribution in [0.3, 0.4) is 0 Å². The second-order valence-corrected chi connectivity index (χ2v) is 6.13. The Balaban J connectivity index is 0.00000192. The van der Waals surface area contributed by atoms with Gasteiger partial charge in [0.1, 0.15) is 11.9 Å². The number of rotatable bonds is 3. The standard InChI is InChI=1S/C17H23FN2O2.ClH/c18-15-4-2-1-3-14(15)11-13-5-8-20(9-6-13)17(21)16-12-19-7-10-22-16;/h1-4,13,16,19H,5-12H2;1H. The summed E-state index contributed by atoms with van der Waals surface area (Å²) in [4.78, 5) is 14.3. The molecule has 0 radical (unpaired) electrons. The molecule has 2 saturated heterocycles. The quantitative estimate of drug-likeness (QED) is 0.913. The lowest BCUT2D eigenvalue weighted by Gasteiger charge is -2.35. The molecule has 1 aromatic rings. The van der Waals surface area contributed by atoms with Crippen LogP contribution >= 0.6 is 12.4 Å². The van der Waals surface area contributed by atoms with E-state index in [4.69, 9.17) is 4.74 Å². The van der Waals surface area contributed by atoms with Gasteiger partial charge in [0.25, 0.3) is 5.91 Å². The number of likely N-dealkylation sites (tertiary alicyclic amines) is 1. The molecule has 23 heavy (non-hydrogen) atoms. The number of nitrogens with one attached hydrogen (secondary N) is 1. The van der Waals surface area contributed by atoms with Crippen LogP contribution in [0.5, 0.6) is 0 Å². The van der Waals surface area contributed by atoms with Crippen molar-refractivity contribution in [1.82, 2.24) is 10.2 Å². The van der Waals surface area contributed by atoms with E-state index < -0.39 is 0 Å². The van der Waals surface area contributed by atoms with E-state index in [0.717, 1.165) is 44.5 Å². The van der Waals surface area contributed by atoms with Gasteiger partial charge in [0.05, 0.1) is 6.61 Å². The third-order valence-corrected chi connectivity index (χ3v) is 4.60. The van der Waals surface area contributed by atoms with Crippen LogP contribution < -0.4 is 5.32 Å². The van der Waals surface area contributed by atoms with Gasteiger partial charge >= 0.3 is 0 Å². The molecule has 2 fully saturated rings. The second-order valence-electron chi connectivity index (χ2n) is 6.13. The fraction of sp³-hybridized carbons (Fsp3) is 0.588. The van der Waals surface area contributed by atoms with E-state index in [1.165, 1.54) is 6.07 Å². The van der Waals surface area contributed by atoms with Gasteiger partial charge in [-0.3, -0.25) is 4.79 Å². The van der Waals surface area contributed by atoms with Gasteiger partial charge in [-0.2, -0.15) is 0 Å². The molecule has 3 rings (SSSR count). The average molecular weight is 343 g/mol. The summed E-state index contributed by atoms with van der Waals surface area (Å²) in [6.45, 7) is 3.51. The molecule has 128 valence electrons. The first-order chi connectivity index (χ1) is 10.7. The SMILES string of the molecule is Cl.O=C(C1CNCCO1)N1CCC(Cc2ccccc2F)CC1. The van der Waals surface area contributed by atoms with Crippen LogP contribution in [0.25, 0.3) is 0 Å². The highest BCUT2D eigenvalue weighted by Crippen LogP contribution is 2.23. The Morgan fingerprint density at radius 2 is 2.04 bits per heavy atom. The number of piperidine rings is 1. The number of amides is 1. The van der Waals surface area contributed by atoms with Gasteiger partial charge < -0.3 is 15.0 Å². The van der Waals surface area contributed by atoms with Crippen LogP contribution in [-0.2, 0) is 16.0 Å². The van der Waals surface area contributed by atoms with Gasteiger partial charge in [-0.25, -0.2) is 4.39 Å². The maximum atomic E-state index is 13.7. The van der Waals surface area contributed by atoms with Crippen LogP contribution in [0, 0.1) is 11.7 Å². The van der Waals surface area contributed by atoms with Crippen molar-refractivity contribution in [3.8, 4) is 0 Å². The number of nitrogens with zero attached hydrogens (tertiary/aromatic N) is 1. The minimum absolute atomic E-state index is 0. The first kappa shape index (κ1) is 18.2. The summed E-state index contributed by atoms with van der Waals surface area (Å²) in [5, 5.41) is 3.19. The summed E-state index contributed by atoms with van der Waals surface area (Å²) >= 11 is 0. The molecular formula is C17H24ClFN2O2. The third-order valence-electron chi connectivity index (χ3n) is 4.60. The highest BCUT2D eigenvalue weighted by Gasteiger charge is 2.30. The summed E-state index contributed by atoms with van der Waals surface area (Å²) < 4.78 is 19.2. The molecule has 2 heterocycles. The number of carbonyl (C=O) groups is 1. The van der Waals surface area contributed by atoms with Gasteiger partial charge in [0, 0.05) is 26.2 Å². The molecule has 0 bridgehead atoms. The van der Waals surface area contributed by atoms with Crippen molar-refractivity contribution in [3.05, 3.63) is 35.6 Å². The summed E-state index contributed by atoms with van der Waals surface area (Å²) in [5.74, 6) is 0.422. The molecule has 1 aromatic carbocycles. The Hall–Kier alpha value is -1.17. The predicted molar refractivity (Wildman–Crippen MR) is 89.3 cm³/mol. The zero-order valence-corrected chi connectivity index (χ0v) is 14.0. The van der Waals surface area contributed by atoms with Crippen LogP contribution in [-0.4, -0.2) is 49.7 Å². The van der Waals surface area contributed by atoms with Gasteiger partial charge in [0.2, 0.25) is 0 Å². The lowest BCUT2D eigenvalue weighted by Crippen LogP contribution is -2.51. The normalized spacial score (nSPS) is 22.5. The van der Waals surface area contributed by atoms with Crippen LogP contribution in [0.2, 0.25) is 0 Å². The zero-order valence-electron chi connectivity index (χ0n) is 13.2. The molecule has 1 unspecified atom stereocenters. The minimum atomic E-state index is -0.336. The third kappa shape index (κ3) is 4.66. The number of ether oxygens (including phenoxy) is 1. The number of morpholine rings is 1. The van der Waals surface area contributed by atoms with Gasteiger partial charge in [0.15, 0.2) is 0 Å². The molecule has 2 aliphatic heterocycles. The number of carbonyl (C=O) groups excluding carboxylic acids is 1. The maximum absolute atomic E-state index is 13.7. The van der Waals surface area contributed by atoms with E-state index in [1.807, 2.05) is 17.0 Å². The van der Waals surface area contributed by atoms with Crippen molar-refractivity contribution < 1.29 is 13.9 Å². The predicted octanol–water partition coefficient (Wildman–Crippen LogP) is 2.02. The molecule has 1 atom stereocenters. The van der Waals surface area contributed by atoms with Crippen molar-refractivity contribution >= 4 is 18.3 Å². The monoisotopic (exact) mass is 342 g/mol. The van der Waals surface area contributed by atoms with Gasteiger partial charge in [-0.05, 0) is 36.8 Å². The second kappa shape index (κ2) is 8.62. The van der Waals surface area contributed by atoms with Crippen molar-refractivity contribution in [2.24, 2.45) is 5.92 Å². The summed E-state index contributed by atoms with van der Waals surface area (Å²) in [7, 11) is 0. The molecule has 0 saturated carbocycles. The summed E-state index contributed by atoms with van der Waals surface area (Å²) in [5.41, 5.74) is 0.784. The average Bonchev–Trinajstić information content (AvgIpc) is 2.58. The number of benzene rings is 1. The number of hydrogen-bond donors (Lipinski definition) is 1. The fourth-order valence-corrected chi connectivity index (χ4v) is 3.26. The Labute approximate surface area is 142 Å². The zero-order chi connectivity index (χ0) is 15.4. The van der Waals surface area contributed by atoms with Gasteiger partial charge in [-0.1, -0.05) is 18.2 Å². The van der Waals surface area contributed by atoms with Crippen molar-refractivity contribution in [2.75, 3.05) is 32.8 Å². The van der Waals surface area contributed by atoms with E-state index in [2.05, 4.69) is 5.32 Å². The minimum Gasteiger partial charge on any atom is -0.366 e. The van der Waals surface area contributed by atoms with Crippen molar-refractivity contribution in [1.29, 1.82) is 0 Å². The number of halogens is 2. The molecule has 0 aliphatic carbocycles.